The average Bonchev–Trinajstić information content (AvgIpc) is 2.83. The highest BCUT2D eigenvalue weighted by atomic mass is 32.1. The van der Waals surface area contributed by atoms with Gasteiger partial charge in [0.15, 0.2) is 0 Å². The van der Waals surface area contributed by atoms with Crippen molar-refractivity contribution in [2.45, 2.75) is 13.0 Å². The molecular weight excluding hydrogens is 242 g/mol. The minimum Gasteiger partial charge on any atom is -0.384 e. The molecule has 0 saturated carbocycles. The summed E-state index contributed by atoms with van der Waals surface area (Å²) in [5, 5.41) is 15.5. The molecule has 0 amide bonds. The van der Waals surface area contributed by atoms with Crippen molar-refractivity contribution in [2.75, 3.05) is 0 Å². The molecule has 0 spiro atoms. The van der Waals surface area contributed by atoms with Crippen molar-refractivity contribution in [1.29, 1.82) is 0 Å². The van der Waals surface area contributed by atoms with Crippen LogP contribution in [0, 0.1) is 6.92 Å². The van der Waals surface area contributed by atoms with Gasteiger partial charge in [0.25, 0.3) is 0 Å². The smallest absolute Gasteiger partial charge is 0.105 e. The molecule has 0 aliphatic carbocycles. The Balaban J connectivity index is 2.07. The molecule has 90 valence electrons. The molecule has 0 aliphatic rings. The van der Waals surface area contributed by atoms with Gasteiger partial charge in [0.2, 0.25) is 0 Å². The highest BCUT2D eigenvalue weighted by Gasteiger charge is 2.13. The van der Waals surface area contributed by atoms with Gasteiger partial charge in [-0.3, -0.25) is 4.98 Å². The van der Waals surface area contributed by atoms with E-state index >= 15 is 0 Å². The van der Waals surface area contributed by atoms with Crippen LogP contribution in [0.3, 0.4) is 0 Å². The molecule has 1 unspecified atom stereocenters. The van der Waals surface area contributed by atoms with Crippen molar-refractivity contribution >= 4 is 22.2 Å². The van der Waals surface area contributed by atoms with Crippen LogP contribution in [0.5, 0.6) is 0 Å². The molecule has 2 nitrogen and oxygen atoms in total. The summed E-state index contributed by atoms with van der Waals surface area (Å²) >= 11 is 1.62. The summed E-state index contributed by atoms with van der Waals surface area (Å²) in [7, 11) is 0. The number of aliphatic hydroxyl groups is 1. The summed E-state index contributed by atoms with van der Waals surface area (Å²) in [6.45, 7) is 2.03. The fraction of sp³-hybridized carbons (Fsp3) is 0.133. The Morgan fingerprint density at radius 3 is 2.89 bits per heavy atom. The van der Waals surface area contributed by atoms with Crippen LogP contribution in [0.1, 0.15) is 22.8 Å². The highest BCUT2D eigenvalue weighted by Crippen LogP contribution is 2.28. The molecular formula is C15H13NOS. The molecule has 0 fully saturated rings. The van der Waals surface area contributed by atoms with Gasteiger partial charge < -0.3 is 5.11 Å². The maximum atomic E-state index is 10.4. The molecule has 1 N–H and O–H groups in total. The van der Waals surface area contributed by atoms with E-state index in [1.54, 1.807) is 17.5 Å². The van der Waals surface area contributed by atoms with Crippen molar-refractivity contribution < 1.29 is 5.11 Å². The number of aromatic nitrogens is 1. The summed E-state index contributed by atoms with van der Waals surface area (Å²) in [5.74, 6) is 0. The fourth-order valence-electron chi connectivity index (χ4n) is 2.09. The number of nitrogens with zero attached hydrogens (tertiary/aromatic N) is 1. The number of thiophene rings is 1. The van der Waals surface area contributed by atoms with Crippen molar-refractivity contribution in [2.24, 2.45) is 0 Å². The number of benzene rings is 1. The zero-order valence-corrected chi connectivity index (χ0v) is 10.8. The lowest BCUT2D eigenvalue weighted by atomic mass is 10.00. The fourth-order valence-corrected chi connectivity index (χ4v) is 2.96. The molecule has 1 aromatic carbocycles. The third-order valence-corrected chi connectivity index (χ3v) is 4.01. The number of hydrogen-bond donors (Lipinski definition) is 1. The zero-order chi connectivity index (χ0) is 12.5. The quantitative estimate of drug-likeness (QED) is 0.757. The monoisotopic (exact) mass is 255 g/mol. The van der Waals surface area contributed by atoms with E-state index in [0.717, 1.165) is 27.6 Å². The van der Waals surface area contributed by atoms with E-state index < -0.39 is 6.10 Å². The van der Waals surface area contributed by atoms with Crippen molar-refractivity contribution in [3.05, 3.63) is 64.0 Å². The molecule has 0 bridgehead atoms. The molecule has 0 aliphatic heterocycles. The van der Waals surface area contributed by atoms with Crippen molar-refractivity contribution in [1.82, 2.24) is 4.98 Å². The van der Waals surface area contributed by atoms with E-state index in [2.05, 4.69) is 10.4 Å². The summed E-state index contributed by atoms with van der Waals surface area (Å²) in [4.78, 5) is 4.28. The molecule has 2 aromatic heterocycles. The average molecular weight is 255 g/mol. The predicted molar refractivity (Wildman–Crippen MR) is 74.9 cm³/mol. The second kappa shape index (κ2) is 4.52. The molecule has 0 radical (unpaired) electrons. The maximum absolute atomic E-state index is 10.4. The van der Waals surface area contributed by atoms with E-state index in [-0.39, 0.29) is 0 Å². The minimum absolute atomic E-state index is 0.555. The zero-order valence-electron chi connectivity index (χ0n) is 10.00. The lowest BCUT2D eigenvalue weighted by Crippen LogP contribution is -1.99. The van der Waals surface area contributed by atoms with Crippen molar-refractivity contribution in [3.8, 4) is 0 Å². The molecule has 2 heterocycles. The number of aryl methyl sites for hydroxylation is 1. The number of aliphatic hydroxyl groups excluding tert-OH is 1. The van der Waals surface area contributed by atoms with E-state index in [1.165, 1.54) is 0 Å². The van der Waals surface area contributed by atoms with Crippen LogP contribution in [-0.2, 0) is 0 Å². The van der Waals surface area contributed by atoms with Gasteiger partial charge in [-0.15, -0.1) is 0 Å². The first-order chi connectivity index (χ1) is 8.75. The van der Waals surface area contributed by atoms with Gasteiger partial charge in [-0.1, -0.05) is 12.1 Å². The summed E-state index contributed by atoms with van der Waals surface area (Å²) in [6.07, 6.45) is 1.22. The molecule has 3 rings (SSSR count). The Bertz CT molecular complexity index is 690. The van der Waals surface area contributed by atoms with Gasteiger partial charge in [-0.2, -0.15) is 11.3 Å². The topological polar surface area (TPSA) is 33.1 Å². The minimum atomic E-state index is -0.555. The Kier molecular flexibility index (Phi) is 2.86. The third kappa shape index (κ3) is 1.92. The second-order valence-corrected chi connectivity index (χ2v) is 5.11. The van der Waals surface area contributed by atoms with E-state index in [4.69, 9.17) is 0 Å². The summed E-state index contributed by atoms with van der Waals surface area (Å²) in [6, 6.07) is 9.82. The van der Waals surface area contributed by atoms with Gasteiger partial charge in [0.05, 0.1) is 5.52 Å². The summed E-state index contributed by atoms with van der Waals surface area (Å²) in [5.41, 5.74) is 3.99. The van der Waals surface area contributed by atoms with Crippen LogP contribution in [0.25, 0.3) is 10.9 Å². The van der Waals surface area contributed by atoms with Gasteiger partial charge >= 0.3 is 0 Å². The first-order valence-electron chi connectivity index (χ1n) is 5.81. The third-order valence-electron chi connectivity index (χ3n) is 3.13. The maximum Gasteiger partial charge on any atom is 0.105 e. The standard InChI is InChI=1S/C15H13NOS/c1-10-8-18-9-13(10)15(17)12-4-5-14-11(7-12)3-2-6-16-14/h2-9,15,17H,1H3. The first-order valence-corrected chi connectivity index (χ1v) is 6.75. The number of hydrogen-bond acceptors (Lipinski definition) is 3. The number of fused-ring (bicyclic) bond motifs is 1. The SMILES string of the molecule is Cc1cscc1C(O)c1ccc2ncccc2c1. The van der Waals surface area contributed by atoms with Crippen molar-refractivity contribution in [3.63, 3.8) is 0 Å². The molecule has 3 heteroatoms. The Hall–Kier alpha value is -1.71. The van der Waals surface area contributed by atoms with Crippen LogP contribution in [0.2, 0.25) is 0 Å². The normalized spacial score (nSPS) is 12.8. The molecule has 1 atom stereocenters. The van der Waals surface area contributed by atoms with E-state index in [1.807, 2.05) is 42.6 Å². The van der Waals surface area contributed by atoms with Crippen LogP contribution in [0.4, 0.5) is 0 Å². The lowest BCUT2D eigenvalue weighted by Gasteiger charge is -2.11. The highest BCUT2D eigenvalue weighted by molar-refractivity contribution is 7.08. The van der Waals surface area contributed by atoms with Crippen LogP contribution < -0.4 is 0 Å². The molecule has 18 heavy (non-hydrogen) atoms. The summed E-state index contributed by atoms with van der Waals surface area (Å²) < 4.78 is 0. The Morgan fingerprint density at radius 2 is 2.11 bits per heavy atom. The van der Waals surface area contributed by atoms with Gasteiger partial charge in [-0.25, -0.2) is 0 Å². The predicted octanol–water partition coefficient (Wildman–Crippen LogP) is 3.69. The van der Waals surface area contributed by atoms with Gasteiger partial charge in [0, 0.05) is 11.6 Å². The van der Waals surface area contributed by atoms with Gasteiger partial charge in [0.1, 0.15) is 6.10 Å². The van der Waals surface area contributed by atoms with E-state index in [9.17, 15) is 5.11 Å². The molecule has 3 aromatic rings. The lowest BCUT2D eigenvalue weighted by molar-refractivity contribution is 0.220. The van der Waals surface area contributed by atoms with Crippen LogP contribution in [-0.4, -0.2) is 10.1 Å². The number of rotatable bonds is 2. The van der Waals surface area contributed by atoms with Gasteiger partial charge in [-0.05, 0) is 52.6 Å². The Morgan fingerprint density at radius 1 is 1.22 bits per heavy atom. The largest absolute Gasteiger partial charge is 0.384 e. The molecule has 0 saturated heterocycles. The second-order valence-electron chi connectivity index (χ2n) is 4.37. The Labute approximate surface area is 110 Å². The number of pyridine rings is 1. The first kappa shape index (κ1) is 11.4. The van der Waals surface area contributed by atoms with Crippen LogP contribution in [0.15, 0.2) is 47.3 Å². The van der Waals surface area contributed by atoms with E-state index in [0.29, 0.717) is 0 Å². The van der Waals surface area contributed by atoms with Crippen LogP contribution >= 0.6 is 11.3 Å².